The maximum atomic E-state index is 3.91. The first-order chi connectivity index (χ1) is 14.4. The SMILES string of the molecule is CCCCCCCCCCCCCCCCCCCCCCCCCCC#C[P]. The van der Waals surface area contributed by atoms with Gasteiger partial charge in [0, 0.05) is 6.42 Å². The van der Waals surface area contributed by atoms with Crippen LogP contribution in [-0.2, 0) is 0 Å². The third kappa shape index (κ3) is 28.0. The van der Waals surface area contributed by atoms with Gasteiger partial charge in [-0.2, -0.15) is 0 Å². The summed E-state index contributed by atoms with van der Waals surface area (Å²) in [6.07, 6.45) is 35.8. The fourth-order valence-electron chi connectivity index (χ4n) is 4.23. The highest BCUT2D eigenvalue weighted by Gasteiger charge is 1.96. The summed E-state index contributed by atoms with van der Waals surface area (Å²) in [5.74, 6) is 3.03. The van der Waals surface area contributed by atoms with Crippen molar-refractivity contribution in [2.75, 3.05) is 0 Å². The zero-order chi connectivity index (χ0) is 21.1. The topological polar surface area (TPSA) is 0 Å². The van der Waals surface area contributed by atoms with Crippen LogP contribution in [0.2, 0.25) is 0 Å². The van der Waals surface area contributed by atoms with E-state index in [9.17, 15) is 0 Å². The summed E-state index contributed by atoms with van der Waals surface area (Å²) in [6, 6.07) is 0. The van der Waals surface area contributed by atoms with Crippen LogP contribution in [0.5, 0.6) is 0 Å². The van der Waals surface area contributed by atoms with Gasteiger partial charge in [0.15, 0.2) is 0 Å². The van der Waals surface area contributed by atoms with Gasteiger partial charge in [-0.15, -0.1) is 0 Å². The Bertz CT molecular complexity index is 338. The third-order valence-electron chi connectivity index (χ3n) is 6.23. The first kappa shape index (κ1) is 29.0. The predicted octanol–water partition coefficient (Wildman–Crippen LogP) is 11.1. The minimum atomic E-state index is 1.03. The van der Waals surface area contributed by atoms with Gasteiger partial charge in [0.25, 0.3) is 0 Å². The summed E-state index contributed by atoms with van der Waals surface area (Å²) in [6.45, 7) is 2.30. The molecule has 0 rings (SSSR count). The van der Waals surface area contributed by atoms with E-state index in [0.29, 0.717) is 0 Å². The van der Waals surface area contributed by atoms with E-state index in [1.807, 2.05) is 0 Å². The molecule has 0 atom stereocenters. The lowest BCUT2D eigenvalue weighted by atomic mass is 10.0. The van der Waals surface area contributed by atoms with Gasteiger partial charge in [0.1, 0.15) is 0 Å². The number of unbranched alkanes of at least 4 members (excludes halogenated alkanes) is 24. The van der Waals surface area contributed by atoms with E-state index in [2.05, 4.69) is 27.7 Å². The molecule has 0 saturated heterocycles. The molecule has 0 heterocycles. The van der Waals surface area contributed by atoms with Crippen molar-refractivity contribution in [3.63, 3.8) is 0 Å². The fraction of sp³-hybridized carbons (Fsp3) is 0.929. The van der Waals surface area contributed by atoms with Crippen molar-refractivity contribution in [1.29, 1.82) is 0 Å². The normalized spacial score (nSPS) is 10.8. The standard InChI is InChI=1S/C28H53P/c1-2-3-4-5-6-7-8-9-10-11-12-13-14-15-16-17-18-19-20-21-22-23-24-25-26-27-28-29/h2-26H2,1H3. The molecule has 170 valence electrons. The summed E-state index contributed by atoms with van der Waals surface area (Å²) >= 11 is 0. The van der Waals surface area contributed by atoms with Crippen molar-refractivity contribution in [3.8, 4) is 11.6 Å². The van der Waals surface area contributed by atoms with E-state index in [4.69, 9.17) is 0 Å². The number of rotatable bonds is 24. The molecule has 0 nitrogen and oxygen atoms in total. The Morgan fingerprint density at radius 1 is 0.379 bits per heavy atom. The molecule has 0 aromatic carbocycles. The second-order valence-electron chi connectivity index (χ2n) is 9.17. The van der Waals surface area contributed by atoms with Crippen molar-refractivity contribution in [1.82, 2.24) is 0 Å². The Labute approximate surface area is 188 Å². The molecule has 0 aromatic rings. The molecular formula is C28H53P. The van der Waals surface area contributed by atoms with Crippen LogP contribution in [0.25, 0.3) is 0 Å². The molecular weight excluding hydrogens is 367 g/mol. The van der Waals surface area contributed by atoms with E-state index < -0.39 is 0 Å². The lowest BCUT2D eigenvalue weighted by molar-refractivity contribution is 0.517. The van der Waals surface area contributed by atoms with Crippen LogP contribution < -0.4 is 0 Å². The van der Waals surface area contributed by atoms with E-state index in [0.717, 1.165) is 6.42 Å². The highest BCUT2D eigenvalue weighted by molar-refractivity contribution is 7.23. The first-order valence-electron chi connectivity index (χ1n) is 13.5. The van der Waals surface area contributed by atoms with E-state index >= 15 is 0 Å². The molecule has 0 spiro atoms. The molecule has 0 aromatic heterocycles. The average molecular weight is 421 g/mol. The number of hydrogen-bond donors (Lipinski definition) is 0. The zero-order valence-electron chi connectivity index (χ0n) is 20.1. The van der Waals surface area contributed by atoms with Crippen LogP contribution in [0.3, 0.4) is 0 Å². The molecule has 0 aliphatic heterocycles. The van der Waals surface area contributed by atoms with Gasteiger partial charge in [-0.05, 0) is 6.42 Å². The second kappa shape index (κ2) is 28.0. The summed E-state index contributed by atoms with van der Waals surface area (Å²) < 4.78 is 0. The van der Waals surface area contributed by atoms with Crippen molar-refractivity contribution < 1.29 is 0 Å². The molecule has 0 unspecified atom stereocenters. The second-order valence-corrected chi connectivity index (χ2v) is 9.39. The Hall–Kier alpha value is -0.0100. The van der Waals surface area contributed by atoms with Crippen LogP contribution in [0, 0.1) is 11.6 Å². The molecule has 0 aliphatic rings. The predicted molar refractivity (Wildman–Crippen MR) is 136 cm³/mol. The molecule has 1 heteroatoms. The molecule has 2 radical (unpaired) electrons. The smallest absolute Gasteiger partial charge is 0.0586 e. The molecule has 0 aliphatic carbocycles. The van der Waals surface area contributed by atoms with Crippen molar-refractivity contribution in [2.24, 2.45) is 0 Å². The molecule has 0 bridgehead atoms. The van der Waals surface area contributed by atoms with Gasteiger partial charge in [0.05, 0.1) is 9.24 Å². The van der Waals surface area contributed by atoms with Gasteiger partial charge in [0.2, 0.25) is 0 Å². The van der Waals surface area contributed by atoms with E-state index in [1.54, 1.807) is 0 Å². The third-order valence-corrected chi connectivity index (χ3v) is 6.39. The Morgan fingerprint density at radius 3 is 0.862 bits per heavy atom. The quantitative estimate of drug-likeness (QED) is 0.0827. The highest BCUT2D eigenvalue weighted by atomic mass is 31.0. The summed E-state index contributed by atoms with van der Waals surface area (Å²) in [4.78, 5) is 0. The van der Waals surface area contributed by atoms with Crippen LogP contribution >= 0.6 is 9.24 Å². The minimum absolute atomic E-state index is 1.03. The monoisotopic (exact) mass is 420 g/mol. The fourth-order valence-corrected chi connectivity index (χ4v) is 4.34. The molecule has 0 amide bonds. The maximum absolute atomic E-state index is 3.91. The van der Waals surface area contributed by atoms with Gasteiger partial charge >= 0.3 is 0 Å². The minimum Gasteiger partial charge on any atom is -0.0979 e. The first-order valence-corrected chi connectivity index (χ1v) is 14.0. The van der Waals surface area contributed by atoms with Crippen LogP contribution in [0.15, 0.2) is 0 Å². The Morgan fingerprint density at radius 2 is 0.621 bits per heavy atom. The lowest BCUT2D eigenvalue weighted by Crippen LogP contribution is -1.84. The summed E-state index contributed by atoms with van der Waals surface area (Å²) in [5.41, 5.74) is 2.68. The van der Waals surface area contributed by atoms with Crippen molar-refractivity contribution in [3.05, 3.63) is 0 Å². The van der Waals surface area contributed by atoms with Crippen LogP contribution in [-0.4, -0.2) is 0 Å². The largest absolute Gasteiger partial charge is 0.0979 e. The van der Waals surface area contributed by atoms with E-state index in [-0.39, 0.29) is 0 Å². The molecule has 0 N–H and O–H groups in total. The van der Waals surface area contributed by atoms with Gasteiger partial charge in [-0.25, -0.2) is 0 Å². The van der Waals surface area contributed by atoms with Crippen LogP contribution in [0.1, 0.15) is 167 Å². The van der Waals surface area contributed by atoms with Crippen LogP contribution in [0.4, 0.5) is 0 Å². The van der Waals surface area contributed by atoms with E-state index in [1.165, 1.54) is 154 Å². The zero-order valence-corrected chi connectivity index (χ0v) is 21.0. The van der Waals surface area contributed by atoms with Gasteiger partial charge in [-0.3, -0.25) is 0 Å². The molecule has 0 fully saturated rings. The van der Waals surface area contributed by atoms with Crippen molar-refractivity contribution in [2.45, 2.75) is 167 Å². The van der Waals surface area contributed by atoms with Gasteiger partial charge < -0.3 is 0 Å². The average Bonchev–Trinajstić information content (AvgIpc) is 2.74. The molecule has 0 saturated carbocycles. The summed E-state index contributed by atoms with van der Waals surface area (Å²) in [7, 11) is 3.91. The molecule has 29 heavy (non-hydrogen) atoms. The highest BCUT2D eigenvalue weighted by Crippen LogP contribution is 2.15. The maximum Gasteiger partial charge on any atom is 0.0586 e. The van der Waals surface area contributed by atoms with Crippen molar-refractivity contribution >= 4 is 9.24 Å². The Balaban J connectivity index is 2.99. The number of hydrogen-bond acceptors (Lipinski definition) is 0. The summed E-state index contributed by atoms with van der Waals surface area (Å²) in [5, 5.41) is 0. The van der Waals surface area contributed by atoms with Gasteiger partial charge in [-0.1, -0.05) is 166 Å². The lowest BCUT2D eigenvalue weighted by Gasteiger charge is -2.04. The Kier molecular flexibility index (Phi) is 28.0.